The Balaban J connectivity index is 1.54. The molecule has 7 heteroatoms. The van der Waals surface area contributed by atoms with Crippen molar-refractivity contribution in [2.45, 2.75) is 25.8 Å². The van der Waals surface area contributed by atoms with Crippen LogP contribution in [0.3, 0.4) is 0 Å². The van der Waals surface area contributed by atoms with Gasteiger partial charge in [-0.2, -0.15) is 0 Å². The molecule has 0 bridgehead atoms. The van der Waals surface area contributed by atoms with Gasteiger partial charge in [-0.3, -0.25) is 14.5 Å². The van der Waals surface area contributed by atoms with Gasteiger partial charge in [-0.05, 0) is 31.0 Å². The maximum Gasteiger partial charge on any atom is 0.326 e. The lowest BCUT2D eigenvalue weighted by Gasteiger charge is -2.25. The molecule has 1 atom stereocenters. The summed E-state index contributed by atoms with van der Waals surface area (Å²) in [5.41, 5.74) is 0.645. The summed E-state index contributed by atoms with van der Waals surface area (Å²) in [7, 11) is 0. The van der Waals surface area contributed by atoms with E-state index in [2.05, 4.69) is 5.32 Å². The number of imide groups is 1. The summed E-state index contributed by atoms with van der Waals surface area (Å²) in [5.74, 6) is -0.443. The number of hydrogen-bond acceptors (Lipinski definition) is 5. The molecule has 1 heterocycles. The van der Waals surface area contributed by atoms with E-state index in [1.165, 1.54) is 0 Å². The molecule has 1 N–H and O–H groups in total. The van der Waals surface area contributed by atoms with Crippen LogP contribution in [0.2, 0.25) is 0 Å². The van der Waals surface area contributed by atoms with Crippen molar-refractivity contribution in [3.8, 4) is 5.75 Å². The third-order valence-corrected chi connectivity index (χ3v) is 4.90. The molecule has 1 unspecified atom stereocenters. The van der Waals surface area contributed by atoms with Crippen LogP contribution in [0, 0.1) is 6.92 Å². The van der Waals surface area contributed by atoms with Crippen molar-refractivity contribution < 1.29 is 23.9 Å². The standard InChI is InChI=1S/C22H24N2O5/c1-3-22(17-7-5-4-6-8-17)20(26)24(21(27)23-22)15-19(25)29-14-13-28-18-11-9-16(2)10-12-18/h4-12H,3,13-15H2,1-2H3,(H,23,27). The van der Waals surface area contributed by atoms with Crippen LogP contribution in [-0.4, -0.2) is 42.6 Å². The number of aryl methyl sites for hydroxylation is 1. The average Bonchev–Trinajstić information content (AvgIpc) is 2.98. The fraction of sp³-hybridized carbons (Fsp3) is 0.318. The van der Waals surface area contributed by atoms with Gasteiger partial charge in [0.25, 0.3) is 5.91 Å². The Hall–Kier alpha value is -3.35. The zero-order chi connectivity index (χ0) is 20.9. The first-order chi connectivity index (χ1) is 14.0. The summed E-state index contributed by atoms with van der Waals surface area (Å²) in [4.78, 5) is 38.4. The molecule has 0 aliphatic carbocycles. The van der Waals surface area contributed by atoms with Crippen LogP contribution in [0.1, 0.15) is 24.5 Å². The van der Waals surface area contributed by atoms with Gasteiger partial charge in [0, 0.05) is 0 Å². The van der Waals surface area contributed by atoms with E-state index in [9.17, 15) is 14.4 Å². The minimum atomic E-state index is -1.16. The van der Waals surface area contributed by atoms with Gasteiger partial charge in [0.1, 0.15) is 31.0 Å². The van der Waals surface area contributed by atoms with Gasteiger partial charge in [0.05, 0.1) is 0 Å². The largest absolute Gasteiger partial charge is 0.490 e. The van der Waals surface area contributed by atoms with Crippen molar-refractivity contribution in [3.05, 3.63) is 65.7 Å². The van der Waals surface area contributed by atoms with Crippen molar-refractivity contribution in [2.75, 3.05) is 19.8 Å². The fourth-order valence-electron chi connectivity index (χ4n) is 3.26. The normalized spacial score (nSPS) is 18.5. The second kappa shape index (κ2) is 8.77. The van der Waals surface area contributed by atoms with Gasteiger partial charge in [-0.15, -0.1) is 0 Å². The third-order valence-electron chi connectivity index (χ3n) is 4.90. The van der Waals surface area contributed by atoms with Crippen LogP contribution in [0.25, 0.3) is 0 Å². The van der Waals surface area contributed by atoms with Gasteiger partial charge in [0.2, 0.25) is 0 Å². The topological polar surface area (TPSA) is 84.9 Å². The van der Waals surface area contributed by atoms with Crippen molar-refractivity contribution in [1.29, 1.82) is 0 Å². The lowest BCUT2D eigenvalue weighted by Crippen LogP contribution is -2.44. The molecule has 1 aliphatic rings. The van der Waals surface area contributed by atoms with E-state index in [1.807, 2.05) is 44.2 Å². The second-order valence-electron chi connectivity index (χ2n) is 6.83. The zero-order valence-corrected chi connectivity index (χ0v) is 16.5. The van der Waals surface area contributed by atoms with Crippen LogP contribution < -0.4 is 10.1 Å². The van der Waals surface area contributed by atoms with E-state index < -0.39 is 30.0 Å². The van der Waals surface area contributed by atoms with Gasteiger partial charge in [0.15, 0.2) is 0 Å². The number of carbonyl (C=O) groups is 3. The Morgan fingerprint density at radius 2 is 1.72 bits per heavy atom. The van der Waals surface area contributed by atoms with E-state index in [-0.39, 0.29) is 13.2 Å². The third kappa shape index (κ3) is 4.39. The second-order valence-corrected chi connectivity index (χ2v) is 6.83. The number of esters is 1. The van der Waals surface area contributed by atoms with Crippen LogP contribution in [-0.2, 0) is 19.9 Å². The SMILES string of the molecule is CCC1(c2ccccc2)NC(=O)N(CC(=O)OCCOc2ccc(C)cc2)C1=O. The van der Waals surface area contributed by atoms with Crippen LogP contribution >= 0.6 is 0 Å². The first kappa shape index (κ1) is 20.4. The quantitative estimate of drug-likeness (QED) is 0.421. The van der Waals surface area contributed by atoms with Crippen molar-refractivity contribution >= 4 is 17.9 Å². The first-order valence-electron chi connectivity index (χ1n) is 9.51. The number of rotatable bonds is 8. The molecule has 3 amide bonds. The summed E-state index contributed by atoms with van der Waals surface area (Å²) < 4.78 is 10.6. The van der Waals surface area contributed by atoms with Crippen LogP contribution in [0.15, 0.2) is 54.6 Å². The number of carbonyl (C=O) groups excluding carboxylic acids is 3. The number of benzene rings is 2. The van der Waals surface area contributed by atoms with Gasteiger partial charge >= 0.3 is 12.0 Å². The molecule has 2 aromatic rings. The summed E-state index contributed by atoms with van der Waals surface area (Å²) in [6.45, 7) is 3.55. The van der Waals surface area contributed by atoms with Gasteiger partial charge in [-0.1, -0.05) is 55.0 Å². The van der Waals surface area contributed by atoms with Gasteiger partial charge < -0.3 is 14.8 Å². The molecule has 0 aromatic heterocycles. The molecule has 3 rings (SSSR count). The van der Waals surface area contributed by atoms with E-state index >= 15 is 0 Å². The predicted molar refractivity (Wildman–Crippen MR) is 106 cm³/mol. The summed E-state index contributed by atoms with van der Waals surface area (Å²) in [6, 6.07) is 15.9. The minimum Gasteiger partial charge on any atom is -0.490 e. The first-order valence-corrected chi connectivity index (χ1v) is 9.51. The predicted octanol–water partition coefficient (Wildman–Crippen LogP) is 2.77. The summed E-state index contributed by atoms with van der Waals surface area (Å²) in [5, 5.41) is 2.74. The molecule has 7 nitrogen and oxygen atoms in total. The monoisotopic (exact) mass is 396 g/mol. The lowest BCUT2D eigenvalue weighted by atomic mass is 9.87. The highest BCUT2D eigenvalue weighted by molar-refractivity contribution is 6.09. The van der Waals surface area contributed by atoms with Crippen molar-refractivity contribution in [2.24, 2.45) is 0 Å². The molecule has 152 valence electrons. The molecule has 0 spiro atoms. The van der Waals surface area contributed by atoms with E-state index in [1.54, 1.807) is 24.3 Å². The molecular formula is C22H24N2O5. The zero-order valence-electron chi connectivity index (χ0n) is 16.5. The van der Waals surface area contributed by atoms with Crippen molar-refractivity contribution in [1.82, 2.24) is 10.2 Å². The summed E-state index contributed by atoms with van der Waals surface area (Å²) >= 11 is 0. The number of ether oxygens (including phenoxy) is 2. The number of hydrogen-bond donors (Lipinski definition) is 1. The highest BCUT2D eigenvalue weighted by atomic mass is 16.6. The molecular weight excluding hydrogens is 372 g/mol. The number of nitrogens with one attached hydrogen (secondary N) is 1. The van der Waals surface area contributed by atoms with Crippen molar-refractivity contribution in [3.63, 3.8) is 0 Å². The Bertz CT molecular complexity index is 882. The van der Waals surface area contributed by atoms with E-state index in [0.29, 0.717) is 17.7 Å². The van der Waals surface area contributed by atoms with Crippen LogP contribution in [0.4, 0.5) is 4.79 Å². The average molecular weight is 396 g/mol. The smallest absolute Gasteiger partial charge is 0.326 e. The minimum absolute atomic E-state index is 0.0218. The molecule has 1 saturated heterocycles. The number of amides is 3. The highest BCUT2D eigenvalue weighted by Crippen LogP contribution is 2.32. The van der Waals surface area contributed by atoms with Crippen LogP contribution in [0.5, 0.6) is 5.75 Å². The molecule has 29 heavy (non-hydrogen) atoms. The number of urea groups is 1. The Morgan fingerprint density at radius 3 is 2.38 bits per heavy atom. The Kier molecular flexibility index (Phi) is 6.16. The summed E-state index contributed by atoms with van der Waals surface area (Å²) in [6.07, 6.45) is 0.373. The molecule has 1 aliphatic heterocycles. The molecule has 0 saturated carbocycles. The Morgan fingerprint density at radius 1 is 1.03 bits per heavy atom. The lowest BCUT2D eigenvalue weighted by molar-refractivity contribution is -0.148. The van der Waals surface area contributed by atoms with Gasteiger partial charge in [-0.25, -0.2) is 4.79 Å². The maximum atomic E-state index is 13.0. The highest BCUT2D eigenvalue weighted by Gasteiger charge is 2.51. The molecule has 1 fully saturated rings. The maximum absolute atomic E-state index is 13.0. The molecule has 0 radical (unpaired) electrons. The van der Waals surface area contributed by atoms with E-state index in [4.69, 9.17) is 9.47 Å². The van der Waals surface area contributed by atoms with E-state index in [0.717, 1.165) is 10.5 Å². The molecule has 2 aromatic carbocycles. The Labute approximate surface area is 169 Å². The fourth-order valence-corrected chi connectivity index (χ4v) is 3.26. The number of nitrogens with zero attached hydrogens (tertiary/aromatic N) is 1.